The molecule has 1 fully saturated rings. The molecule has 2 aromatic rings. The van der Waals surface area contributed by atoms with Gasteiger partial charge in [-0.1, -0.05) is 0 Å². The van der Waals surface area contributed by atoms with Gasteiger partial charge in [-0.25, -0.2) is 9.97 Å². The zero-order valence-electron chi connectivity index (χ0n) is 9.35. The molecule has 0 atom stereocenters. The third kappa shape index (κ3) is 1.53. The van der Waals surface area contributed by atoms with Crippen molar-refractivity contribution >= 4 is 11.5 Å². The number of fused-ring (bicyclic) bond motifs is 1. The predicted molar refractivity (Wildman–Crippen MR) is 62.8 cm³/mol. The summed E-state index contributed by atoms with van der Waals surface area (Å²) in [4.78, 5) is 11.3. The number of aryl methyl sites for hydroxylation is 1. The highest BCUT2D eigenvalue weighted by Crippen LogP contribution is 2.18. The summed E-state index contributed by atoms with van der Waals surface area (Å²) >= 11 is 0. The molecule has 0 radical (unpaired) electrons. The Balaban J connectivity index is 2.07. The predicted octanol–water partition coefficient (Wildman–Crippen LogP) is 0.447. The maximum Gasteiger partial charge on any atom is 0.180 e. The third-order valence-electron chi connectivity index (χ3n) is 2.89. The van der Waals surface area contributed by atoms with Crippen molar-refractivity contribution in [3.05, 3.63) is 24.3 Å². The van der Waals surface area contributed by atoms with E-state index >= 15 is 0 Å². The van der Waals surface area contributed by atoms with Crippen LogP contribution in [-0.2, 0) is 0 Å². The molecule has 0 saturated carbocycles. The molecular weight excluding hydrogens is 202 g/mol. The van der Waals surface area contributed by atoms with Crippen LogP contribution in [0.25, 0.3) is 5.65 Å². The van der Waals surface area contributed by atoms with Crippen LogP contribution < -0.4 is 10.2 Å². The summed E-state index contributed by atoms with van der Waals surface area (Å²) in [5, 5.41) is 3.34. The zero-order chi connectivity index (χ0) is 11.0. The number of hydrogen-bond donors (Lipinski definition) is 1. The molecule has 1 aliphatic heterocycles. The molecule has 0 amide bonds. The highest BCUT2D eigenvalue weighted by molar-refractivity contribution is 5.64. The molecule has 3 heterocycles. The number of imidazole rings is 1. The molecule has 1 aliphatic rings. The highest BCUT2D eigenvalue weighted by Gasteiger charge is 2.15. The minimum Gasteiger partial charge on any atom is -0.351 e. The number of nitrogens with one attached hydrogen (secondary N) is 1. The van der Waals surface area contributed by atoms with Gasteiger partial charge in [-0.15, -0.1) is 0 Å². The van der Waals surface area contributed by atoms with E-state index in [2.05, 4.69) is 20.2 Å². The van der Waals surface area contributed by atoms with E-state index in [9.17, 15) is 0 Å². The van der Waals surface area contributed by atoms with Gasteiger partial charge < -0.3 is 14.6 Å². The fraction of sp³-hybridized carbons (Fsp3) is 0.455. The molecule has 84 valence electrons. The number of piperazine rings is 1. The number of rotatable bonds is 1. The normalized spacial score (nSPS) is 16.9. The van der Waals surface area contributed by atoms with Crippen molar-refractivity contribution in [1.82, 2.24) is 19.7 Å². The number of aromatic nitrogens is 3. The van der Waals surface area contributed by atoms with Gasteiger partial charge in [0.05, 0.1) is 5.69 Å². The topological polar surface area (TPSA) is 45.5 Å². The Bertz CT molecular complexity index is 498. The first-order valence-corrected chi connectivity index (χ1v) is 5.60. The standard InChI is InChI=1S/C11H15N5/c1-9-8-16-7-4-13-10(11(16)14-9)15-5-2-12-3-6-15/h4,7-8,12H,2-3,5-6H2,1H3. The second-order valence-electron chi connectivity index (χ2n) is 4.10. The zero-order valence-corrected chi connectivity index (χ0v) is 9.35. The van der Waals surface area contributed by atoms with E-state index in [0.717, 1.165) is 43.3 Å². The van der Waals surface area contributed by atoms with Crippen LogP contribution in [-0.4, -0.2) is 40.5 Å². The molecule has 5 nitrogen and oxygen atoms in total. The van der Waals surface area contributed by atoms with E-state index in [-0.39, 0.29) is 0 Å². The maximum absolute atomic E-state index is 4.53. The summed E-state index contributed by atoms with van der Waals surface area (Å²) in [6, 6.07) is 0. The van der Waals surface area contributed by atoms with Crippen LogP contribution >= 0.6 is 0 Å². The lowest BCUT2D eigenvalue weighted by molar-refractivity contribution is 0.585. The molecular formula is C11H15N5. The van der Waals surface area contributed by atoms with Crippen LogP contribution in [0.3, 0.4) is 0 Å². The molecule has 0 unspecified atom stereocenters. The Labute approximate surface area is 94.1 Å². The van der Waals surface area contributed by atoms with E-state index < -0.39 is 0 Å². The second-order valence-corrected chi connectivity index (χ2v) is 4.10. The quantitative estimate of drug-likeness (QED) is 0.753. The van der Waals surface area contributed by atoms with Crippen LogP contribution in [0.5, 0.6) is 0 Å². The molecule has 0 bridgehead atoms. The van der Waals surface area contributed by atoms with Gasteiger partial charge >= 0.3 is 0 Å². The Morgan fingerprint density at radius 1 is 1.31 bits per heavy atom. The van der Waals surface area contributed by atoms with Crippen LogP contribution in [0, 0.1) is 6.92 Å². The van der Waals surface area contributed by atoms with E-state index in [1.807, 2.05) is 29.9 Å². The first-order chi connectivity index (χ1) is 7.84. The Hall–Kier alpha value is -1.62. The summed E-state index contributed by atoms with van der Waals surface area (Å²) in [7, 11) is 0. The lowest BCUT2D eigenvalue weighted by Gasteiger charge is -2.28. The van der Waals surface area contributed by atoms with Crippen molar-refractivity contribution < 1.29 is 0 Å². The Morgan fingerprint density at radius 3 is 2.94 bits per heavy atom. The number of anilines is 1. The Morgan fingerprint density at radius 2 is 2.12 bits per heavy atom. The van der Waals surface area contributed by atoms with Crippen molar-refractivity contribution in [1.29, 1.82) is 0 Å². The largest absolute Gasteiger partial charge is 0.351 e. The maximum atomic E-state index is 4.53. The van der Waals surface area contributed by atoms with Crippen LogP contribution in [0.1, 0.15) is 5.69 Å². The van der Waals surface area contributed by atoms with Crippen LogP contribution in [0.4, 0.5) is 5.82 Å². The van der Waals surface area contributed by atoms with Gasteiger partial charge in [0.1, 0.15) is 0 Å². The molecule has 5 heteroatoms. The van der Waals surface area contributed by atoms with Crippen molar-refractivity contribution in [3.8, 4) is 0 Å². The fourth-order valence-electron chi connectivity index (χ4n) is 2.13. The molecule has 3 rings (SSSR count). The number of nitrogens with zero attached hydrogens (tertiary/aromatic N) is 4. The summed E-state index contributed by atoms with van der Waals surface area (Å²) in [5.41, 5.74) is 1.99. The molecule has 0 aliphatic carbocycles. The third-order valence-corrected chi connectivity index (χ3v) is 2.89. The van der Waals surface area contributed by atoms with Gasteiger partial charge in [-0.3, -0.25) is 0 Å². The highest BCUT2D eigenvalue weighted by atomic mass is 15.3. The molecule has 16 heavy (non-hydrogen) atoms. The van der Waals surface area contributed by atoms with Gasteiger partial charge in [0, 0.05) is 44.8 Å². The lowest BCUT2D eigenvalue weighted by Crippen LogP contribution is -2.44. The van der Waals surface area contributed by atoms with Gasteiger partial charge in [-0.2, -0.15) is 0 Å². The van der Waals surface area contributed by atoms with Gasteiger partial charge in [0.25, 0.3) is 0 Å². The SMILES string of the molecule is Cc1cn2ccnc(N3CCNCC3)c2n1. The monoisotopic (exact) mass is 217 g/mol. The molecule has 0 aromatic carbocycles. The molecule has 0 spiro atoms. The van der Waals surface area contributed by atoms with Crippen molar-refractivity contribution in [2.75, 3.05) is 31.1 Å². The minimum absolute atomic E-state index is 0.960. The first-order valence-electron chi connectivity index (χ1n) is 5.60. The van der Waals surface area contributed by atoms with Crippen molar-refractivity contribution in [2.24, 2.45) is 0 Å². The number of hydrogen-bond acceptors (Lipinski definition) is 4. The first kappa shape index (κ1) is 9.59. The average molecular weight is 217 g/mol. The van der Waals surface area contributed by atoms with E-state index in [4.69, 9.17) is 0 Å². The van der Waals surface area contributed by atoms with Crippen LogP contribution in [0.15, 0.2) is 18.6 Å². The van der Waals surface area contributed by atoms with Crippen molar-refractivity contribution in [2.45, 2.75) is 6.92 Å². The smallest absolute Gasteiger partial charge is 0.180 e. The summed E-state index contributed by atoms with van der Waals surface area (Å²) in [6.45, 7) is 6.04. The fourth-order valence-corrected chi connectivity index (χ4v) is 2.13. The summed E-state index contributed by atoms with van der Waals surface area (Å²) < 4.78 is 2.04. The average Bonchev–Trinajstić information content (AvgIpc) is 2.70. The van der Waals surface area contributed by atoms with Crippen LogP contribution in [0.2, 0.25) is 0 Å². The summed E-state index contributed by atoms with van der Waals surface area (Å²) in [5.74, 6) is 0.997. The molecule has 1 saturated heterocycles. The second kappa shape index (κ2) is 3.75. The van der Waals surface area contributed by atoms with E-state index in [1.54, 1.807) is 0 Å². The summed E-state index contributed by atoms with van der Waals surface area (Å²) in [6.07, 6.45) is 5.81. The van der Waals surface area contributed by atoms with Gasteiger partial charge in [-0.05, 0) is 6.92 Å². The lowest BCUT2D eigenvalue weighted by atomic mass is 10.3. The Kier molecular flexibility index (Phi) is 2.25. The molecule has 1 N–H and O–H groups in total. The van der Waals surface area contributed by atoms with Gasteiger partial charge in [0.15, 0.2) is 11.5 Å². The van der Waals surface area contributed by atoms with E-state index in [0.29, 0.717) is 0 Å². The minimum atomic E-state index is 0.960. The van der Waals surface area contributed by atoms with Gasteiger partial charge in [0.2, 0.25) is 0 Å². The van der Waals surface area contributed by atoms with Crippen molar-refractivity contribution in [3.63, 3.8) is 0 Å². The van der Waals surface area contributed by atoms with E-state index in [1.165, 1.54) is 0 Å². The molecule has 2 aromatic heterocycles.